The topological polar surface area (TPSA) is 41.8 Å². The maximum absolute atomic E-state index is 8.98. The van der Waals surface area contributed by atoms with Crippen molar-refractivity contribution >= 4 is 16.8 Å². The van der Waals surface area contributed by atoms with Crippen LogP contribution in [0.5, 0.6) is 5.75 Å². The van der Waals surface area contributed by atoms with Crippen LogP contribution in [0.1, 0.15) is 17.0 Å². The molecule has 2 aromatic carbocycles. The number of hydrogen-bond acceptors (Lipinski definition) is 3. The maximum Gasteiger partial charge on any atom is 0.157 e. The second-order valence-electron chi connectivity index (χ2n) is 4.04. The maximum atomic E-state index is 8.98. The molecule has 0 heterocycles. The van der Waals surface area contributed by atoms with Crippen molar-refractivity contribution in [2.45, 2.75) is 5.92 Å². The third-order valence-corrected chi connectivity index (χ3v) is 3.19. The van der Waals surface area contributed by atoms with Gasteiger partial charge in [-0.3, -0.25) is 0 Å². The molecular weight excluding hydrogens is 262 g/mol. The zero-order chi connectivity index (χ0) is 13.7. The van der Waals surface area contributed by atoms with E-state index in [2.05, 4.69) is 5.16 Å². The van der Waals surface area contributed by atoms with Crippen LogP contribution in [-0.2, 0) is 0 Å². The average molecular weight is 276 g/mol. The highest BCUT2D eigenvalue weighted by Crippen LogP contribution is 2.29. The van der Waals surface area contributed by atoms with Crippen molar-refractivity contribution in [2.75, 3.05) is 7.11 Å². The van der Waals surface area contributed by atoms with Crippen LogP contribution in [0.3, 0.4) is 0 Å². The van der Waals surface area contributed by atoms with Crippen molar-refractivity contribution in [3.63, 3.8) is 0 Å². The molecule has 0 bridgehead atoms. The Bertz CT molecular complexity index is 569. The standard InChI is InChI=1S/C15H14ClNO2/c1-19-13-9-5-8-12(10-13)14(15(16)17-18)11-6-3-2-4-7-11/h2-10,14,18H,1H3/b17-15+/t14-/m0/s1. The lowest BCUT2D eigenvalue weighted by Crippen LogP contribution is -2.09. The number of nitrogens with zero attached hydrogens (tertiary/aromatic N) is 1. The minimum Gasteiger partial charge on any atom is -0.497 e. The van der Waals surface area contributed by atoms with Gasteiger partial charge in [0.2, 0.25) is 0 Å². The number of hydrogen-bond donors (Lipinski definition) is 1. The lowest BCUT2D eigenvalue weighted by Gasteiger charge is -2.16. The molecule has 0 saturated heterocycles. The Morgan fingerprint density at radius 2 is 1.79 bits per heavy atom. The molecule has 0 unspecified atom stereocenters. The van der Waals surface area contributed by atoms with Gasteiger partial charge in [0.25, 0.3) is 0 Å². The quantitative estimate of drug-likeness (QED) is 0.523. The van der Waals surface area contributed by atoms with Crippen molar-refractivity contribution in [1.82, 2.24) is 0 Å². The summed E-state index contributed by atoms with van der Waals surface area (Å²) in [5.74, 6) is 0.434. The van der Waals surface area contributed by atoms with E-state index in [1.165, 1.54) is 0 Å². The summed E-state index contributed by atoms with van der Waals surface area (Å²) in [6, 6.07) is 17.2. The van der Waals surface area contributed by atoms with Crippen molar-refractivity contribution in [2.24, 2.45) is 5.16 Å². The summed E-state index contributed by atoms with van der Waals surface area (Å²) in [4.78, 5) is 0. The summed E-state index contributed by atoms with van der Waals surface area (Å²) in [6.07, 6.45) is 0. The molecule has 4 heteroatoms. The lowest BCUT2D eigenvalue weighted by atomic mass is 9.92. The molecule has 0 aliphatic heterocycles. The second-order valence-corrected chi connectivity index (χ2v) is 4.43. The molecule has 1 atom stereocenters. The van der Waals surface area contributed by atoms with Crippen LogP contribution in [-0.4, -0.2) is 17.5 Å². The van der Waals surface area contributed by atoms with E-state index in [-0.39, 0.29) is 11.1 Å². The number of halogens is 1. The van der Waals surface area contributed by atoms with Gasteiger partial charge in [-0.25, -0.2) is 0 Å². The highest BCUT2D eigenvalue weighted by Gasteiger charge is 2.20. The predicted molar refractivity (Wildman–Crippen MR) is 76.4 cm³/mol. The summed E-state index contributed by atoms with van der Waals surface area (Å²) in [5.41, 5.74) is 1.87. The van der Waals surface area contributed by atoms with E-state index in [1.54, 1.807) is 7.11 Å². The Balaban J connectivity index is 2.49. The molecule has 0 fully saturated rings. The molecule has 0 aliphatic rings. The van der Waals surface area contributed by atoms with Crippen LogP contribution < -0.4 is 4.74 Å². The zero-order valence-corrected chi connectivity index (χ0v) is 11.2. The number of ether oxygens (including phenoxy) is 1. The first-order valence-corrected chi connectivity index (χ1v) is 6.20. The van der Waals surface area contributed by atoms with Crippen LogP contribution in [0.4, 0.5) is 0 Å². The van der Waals surface area contributed by atoms with Gasteiger partial charge < -0.3 is 9.94 Å². The normalized spacial score (nSPS) is 13.1. The molecule has 2 rings (SSSR count). The largest absolute Gasteiger partial charge is 0.497 e. The molecule has 0 aromatic heterocycles. The predicted octanol–water partition coefficient (Wildman–Crippen LogP) is 3.85. The second kappa shape index (κ2) is 6.25. The fourth-order valence-electron chi connectivity index (χ4n) is 1.99. The number of oxime groups is 1. The van der Waals surface area contributed by atoms with Gasteiger partial charge in [0.15, 0.2) is 5.17 Å². The van der Waals surface area contributed by atoms with Crippen molar-refractivity contribution in [1.29, 1.82) is 0 Å². The third-order valence-electron chi connectivity index (χ3n) is 2.89. The summed E-state index contributed by atoms with van der Waals surface area (Å²) < 4.78 is 5.21. The lowest BCUT2D eigenvalue weighted by molar-refractivity contribution is 0.319. The molecule has 0 saturated carbocycles. The summed E-state index contributed by atoms with van der Waals surface area (Å²) >= 11 is 6.06. The molecule has 1 N–H and O–H groups in total. The van der Waals surface area contributed by atoms with E-state index < -0.39 is 0 Å². The van der Waals surface area contributed by atoms with Crippen LogP contribution in [0, 0.1) is 0 Å². The van der Waals surface area contributed by atoms with Crippen molar-refractivity contribution < 1.29 is 9.94 Å². The van der Waals surface area contributed by atoms with E-state index in [0.29, 0.717) is 0 Å². The summed E-state index contributed by atoms with van der Waals surface area (Å²) in [7, 11) is 1.61. The highest BCUT2D eigenvalue weighted by atomic mass is 35.5. The van der Waals surface area contributed by atoms with Gasteiger partial charge in [0, 0.05) is 0 Å². The fraction of sp³-hybridized carbons (Fsp3) is 0.133. The van der Waals surface area contributed by atoms with Gasteiger partial charge in [-0.1, -0.05) is 59.2 Å². The first kappa shape index (κ1) is 13.4. The van der Waals surface area contributed by atoms with Crippen LogP contribution in [0.25, 0.3) is 0 Å². The van der Waals surface area contributed by atoms with Gasteiger partial charge in [0.1, 0.15) is 5.75 Å². The number of rotatable bonds is 4. The van der Waals surface area contributed by atoms with Gasteiger partial charge in [0.05, 0.1) is 13.0 Å². The van der Waals surface area contributed by atoms with Crippen LogP contribution >= 0.6 is 11.6 Å². The molecule has 0 radical (unpaired) electrons. The molecule has 0 amide bonds. The molecule has 3 nitrogen and oxygen atoms in total. The molecule has 2 aromatic rings. The molecular formula is C15H14ClNO2. The Labute approximate surface area is 117 Å². The smallest absolute Gasteiger partial charge is 0.157 e. The average Bonchev–Trinajstić information content (AvgIpc) is 2.48. The third kappa shape index (κ3) is 3.06. The Morgan fingerprint density at radius 1 is 1.11 bits per heavy atom. The zero-order valence-electron chi connectivity index (χ0n) is 10.5. The van der Waals surface area contributed by atoms with Gasteiger partial charge in [-0.15, -0.1) is 0 Å². The number of methoxy groups -OCH3 is 1. The van der Waals surface area contributed by atoms with Crippen molar-refractivity contribution in [3.8, 4) is 5.75 Å². The minimum absolute atomic E-state index is 0.124. The summed E-state index contributed by atoms with van der Waals surface area (Å²) in [5, 5.41) is 12.2. The SMILES string of the molecule is COc1cccc([C@@H](/C(Cl)=N\O)c2ccccc2)c1. The molecule has 98 valence electrons. The Hall–Kier alpha value is -2.00. The molecule has 0 spiro atoms. The Morgan fingerprint density at radius 3 is 2.42 bits per heavy atom. The Kier molecular flexibility index (Phi) is 4.42. The van der Waals surface area contributed by atoms with Gasteiger partial charge in [-0.05, 0) is 23.3 Å². The first-order valence-electron chi connectivity index (χ1n) is 5.82. The van der Waals surface area contributed by atoms with Crippen molar-refractivity contribution in [3.05, 3.63) is 65.7 Å². The van der Waals surface area contributed by atoms with E-state index in [9.17, 15) is 0 Å². The monoisotopic (exact) mass is 275 g/mol. The highest BCUT2D eigenvalue weighted by molar-refractivity contribution is 6.66. The molecule has 0 aliphatic carbocycles. The van der Waals surface area contributed by atoms with E-state index in [0.717, 1.165) is 16.9 Å². The van der Waals surface area contributed by atoms with E-state index in [4.69, 9.17) is 21.5 Å². The number of benzene rings is 2. The van der Waals surface area contributed by atoms with E-state index in [1.807, 2.05) is 54.6 Å². The fourth-order valence-corrected chi connectivity index (χ4v) is 2.24. The van der Waals surface area contributed by atoms with Crippen LogP contribution in [0.15, 0.2) is 59.8 Å². The minimum atomic E-state index is -0.303. The molecule has 19 heavy (non-hydrogen) atoms. The van der Waals surface area contributed by atoms with Gasteiger partial charge >= 0.3 is 0 Å². The van der Waals surface area contributed by atoms with E-state index >= 15 is 0 Å². The van der Waals surface area contributed by atoms with Gasteiger partial charge in [-0.2, -0.15) is 0 Å². The summed E-state index contributed by atoms with van der Waals surface area (Å²) in [6.45, 7) is 0. The van der Waals surface area contributed by atoms with Crippen LogP contribution in [0.2, 0.25) is 0 Å². The first-order chi connectivity index (χ1) is 9.26.